The molecule has 1 amide bonds. The number of amides is 1. The van der Waals surface area contributed by atoms with Crippen LogP contribution in [0.3, 0.4) is 0 Å². The van der Waals surface area contributed by atoms with Gasteiger partial charge in [0.05, 0.1) is 11.1 Å². The standard InChI is InChI=1S/C17H15N3O5/c1-11-5-6-12(9-14(11)20(22)23)17(21)19-18-10-13-3-2-4-15-16(13)25-8-7-24-15/h2-6,9-10H,7-8H2,1H3,(H,19,21)/b18-10-. The summed E-state index contributed by atoms with van der Waals surface area (Å²) >= 11 is 0. The monoisotopic (exact) mass is 341 g/mol. The number of benzene rings is 2. The van der Waals surface area contributed by atoms with E-state index in [1.165, 1.54) is 24.4 Å². The molecular formula is C17H15N3O5. The van der Waals surface area contributed by atoms with E-state index < -0.39 is 10.8 Å². The van der Waals surface area contributed by atoms with Crippen molar-refractivity contribution in [3.63, 3.8) is 0 Å². The Labute approximate surface area is 143 Å². The Morgan fingerprint density at radius 1 is 1.28 bits per heavy atom. The van der Waals surface area contributed by atoms with E-state index in [-0.39, 0.29) is 11.3 Å². The van der Waals surface area contributed by atoms with Crippen molar-refractivity contribution in [1.29, 1.82) is 0 Å². The molecule has 25 heavy (non-hydrogen) atoms. The Kier molecular flexibility index (Phi) is 4.60. The van der Waals surface area contributed by atoms with Gasteiger partial charge in [-0.1, -0.05) is 12.1 Å². The molecule has 1 heterocycles. The Hall–Kier alpha value is -3.42. The highest BCUT2D eigenvalue weighted by Gasteiger charge is 2.16. The van der Waals surface area contributed by atoms with Gasteiger partial charge in [-0.2, -0.15) is 5.10 Å². The first-order chi connectivity index (χ1) is 12.1. The van der Waals surface area contributed by atoms with E-state index in [9.17, 15) is 14.9 Å². The number of aryl methyl sites for hydroxylation is 1. The van der Waals surface area contributed by atoms with Crippen LogP contribution < -0.4 is 14.9 Å². The van der Waals surface area contributed by atoms with Gasteiger partial charge in [0.15, 0.2) is 11.5 Å². The summed E-state index contributed by atoms with van der Waals surface area (Å²) in [7, 11) is 0. The molecule has 0 aromatic heterocycles. The first-order valence-corrected chi connectivity index (χ1v) is 7.53. The van der Waals surface area contributed by atoms with Gasteiger partial charge in [-0.15, -0.1) is 0 Å². The van der Waals surface area contributed by atoms with Crippen LogP contribution in [-0.4, -0.2) is 30.3 Å². The van der Waals surface area contributed by atoms with Crippen LogP contribution in [0.5, 0.6) is 11.5 Å². The molecule has 128 valence electrons. The van der Waals surface area contributed by atoms with Crippen molar-refractivity contribution in [2.75, 3.05) is 13.2 Å². The van der Waals surface area contributed by atoms with Crippen LogP contribution in [0.1, 0.15) is 21.5 Å². The van der Waals surface area contributed by atoms with Gasteiger partial charge in [-0.05, 0) is 25.1 Å². The molecular weight excluding hydrogens is 326 g/mol. The molecule has 0 saturated heterocycles. The summed E-state index contributed by atoms with van der Waals surface area (Å²) in [5.41, 5.74) is 3.54. The number of nitro groups is 1. The van der Waals surface area contributed by atoms with Gasteiger partial charge in [0, 0.05) is 22.8 Å². The van der Waals surface area contributed by atoms with E-state index in [4.69, 9.17) is 9.47 Å². The maximum absolute atomic E-state index is 12.1. The summed E-state index contributed by atoms with van der Waals surface area (Å²) in [4.78, 5) is 22.5. The second-order valence-electron chi connectivity index (χ2n) is 5.33. The number of nitro benzene ring substituents is 1. The number of rotatable bonds is 4. The predicted octanol–water partition coefficient (Wildman–Crippen LogP) is 2.44. The van der Waals surface area contributed by atoms with Crippen molar-refractivity contribution in [3.05, 3.63) is 63.2 Å². The normalized spacial score (nSPS) is 12.8. The van der Waals surface area contributed by atoms with Crippen molar-refractivity contribution in [2.24, 2.45) is 5.10 Å². The van der Waals surface area contributed by atoms with Crippen LogP contribution in [-0.2, 0) is 0 Å². The Morgan fingerprint density at radius 3 is 2.88 bits per heavy atom. The van der Waals surface area contributed by atoms with Crippen LogP contribution in [0.15, 0.2) is 41.5 Å². The maximum atomic E-state index is 12.1. The molecule has 1 N–H and O–H groups in total. The largest absolute Gasteiger partial charge is 0.486 e. The Morgan fingerprint density at radius 2 is 2.08 bits per heavy atom. The minimum atomic E-state index is -0.540. The number of hydrazone groups is 1. The maximum Gasteiger partial charge on any atom is 0.273 e. The number of carbonyl (C=O) groups excluding carboxylic acids is 1. The Bertz CT molecular complexity index is 863. The minimum Gasteiger partial charge on any atom is -0.486 e. The number of hydrogen-bond acceptors (Lipinski definition) is 6. The van der Waals surface area contributed by atoms with Crippen molar-refractivity contribution in [2.45, 2.75) is 6.92 Å². The molecule has 0 atom stereocenters. The molecule has 0 saturated carbocycles. The number of carbonyl (C=O) groups is 1. The van der Waals surface area contributed by atoms with Crippen LogP contribution in [0.25, 0.3) is 0 Å². The third-order valence-electron chi connectivity index (χ3n) is 3.63. The van der Waals surface area contributed by atoms with Crippen molar-refractivity contribution in [1.82, 2.24) is 5.43 Å². The van der Waals surface area contributed by atoms with Crippen LogP contribution >= 0.6 is 0 Å². The summed E-state index contributed by atoms with van der Waals surface area (Å²) in [5, 5.41) is 14.8. The summed E-state index contributed by atoms with van der Waals surface area (Å²) in [5.74, 6) is 0.648. The van der Waals surface area contributed by atoms with Crippen molar-refractivity contribution < 1.29 is 19.2 Å². The fourth-order valence-electron chi connectivity index (χ4n) is 2.37. The SMILES string of the molecule is Cc1ccc(C(=O)N/N=C\c2cccc3c2OCCO3)cc1[N+](=O)[O-]. The molecule has 0 radical (unpaired) electrons. The predicted molar refractivity (Wildman–Crippen MR) is 90.3 cm³/mol. The molecule has 0 spiro atoms. The highest BCUT2D eigenvalue weighted by atomic mass is 16.6. The summed E-state index contributed by atoms with van der Waals surface area (Å²) in [6.45, 7) is 2.53. The van der Waals surface area contributed by atoms with Gasteiger partial charge in [0.2, 0.25) is 0 Å². The zero-order chi connectivity index (χ0) is 17.8. The van der Waals surface area contributed by atoms with E-state index in [0.29, 0.717) is 35.8 Å². The second kappa shape index (κ2) is 7.00. The lowest BCUT2D eigenvalue weighted by molar-refractivity contribution is -0.385. The van der Waals surface area contributed by atoms with E-state index in [2.05, 4.69) is 10.5 Å². The van der Waals surface area contributed by atoms with Crippen LogP contribution in [0.4, 0.5) is 5.69 Å². The molecule has 0 aliphatic carbocycles. The molecule has 8 nitrogen and oxygen atoms in total. The highest BCUT2D eigenvalue weighted by Crippen LogP contribution is 2.32. The number of nitrogens with zero attached hydrogens (tertiary/aromatic N) is 2. The number of hydrogen-bond donors (Lipinski definition) is 1. The number of para-hydroxylation sites is 1. The van der Waals surface area contributed by atoms with Crippen molar-refractivity contribution in [3.8, 4) is 11.5 Å². The molecule has 0 unspecified atom stereocenters. The van der Waals surface area contributed by atoms with Gasteiger partial charge in [-0.3, -0.25) is 14.9 Å². The lowest BCUT2D eigenvalue weighted by atomic mass is 10.1. The number of ether oxygens (including phenoxy) is 2. The van der Waals surface area contributed by atoms with Crippen molar-refractivity contribution >= 4 is 17.8 Å². The fraction of sp³-hybridized carbons (Fsp3) is 0.176. The van der Waals surface area contributed by atoms with Crippen LogP contribution in [0, 0.1) is 17.0 Å². The number of nitrogens with one attached hydrogen (secondary N) is 1. The van der Waals surface area contributed by atoms with E-state index in [1.54, 1.807) is 25.1 Å². The van der Waals surface area contributed by atoms with Gasteiger partial charge >= 0.3 is 0 Å². The lowest BCUT2D eigenvalue weighted by Crippen LogP contribution is -2.19. The zero-order valence-electron chi connectivity index (χ0n) is 13.4. The zero-order valence-corrected chi connectivity index (χ0v) is 13.4. The molecule has 1 aliphatic rings. The average Bonchev–Trinajstić information content (AvgIpc) is 2.62. The van der Waals surface area contributed by atoms with Gasteiger partial charge in [0.25, 0.3) is 11.6 Å². The lowest BCUT2D eigenvalue weighted by Gasteiger charge is -2.19. The smallest absolute Gasteiger partial charge is 0.273 e. The molecule has 0 bridgehead atoms. The quantitative estimate of drug-likeness (QED) is 0.523. The third-order valence-corrected chi connectivity index (χ3v) is 3.63. The van der Waals surface area contributed by atoms with Crippen LogP contribution in [0.2, 0.25) is 0 Å². The minimum absolute atomic E-state index is 0.112. The number of fused-ring (bicyclic) bond motifs is 1. The molecule has 2 aromatic rings. The molecule has 1 aliphatic heterocycles. The first kappa shape index (κ1) is 16.4. The van der Waals surface area contributed by atoms with E-state index >= 15 is 0 Å². The van der Waals surface area contributed by atoms with E-state index in [1.807, 2.05) is 0 Å². The molecule has 3 rings (SSSR count). The third kappa shape index (κ3) is 3.57. The molecule has 0 fully saturated rings. The van der Waals surface area contributed by atoms with Gasteiger partial charge < -0.3 is 9.47 Å². The van der Waals surface area contributed by atoms with E-state index in [0.717, 1.165) is 0 Å². The summed E-state index contributed by atoms with van der Waals surface area (Å²) < 4.78 is 11.0. The fourth-order valence-corrected chi connectivity index (χ4v) is 2.37. The second-order valence-corrected chi connectivity index (χ2v) is 5.33. The Balaban J connectivity index is 1.74. The van der Waals surface area contributed by atoms with Gasteiger partial charge in [0.1, 0.15) is 13.2 Å². The highest BCUT2D eigenvalue weighted by molar-refractivity contribution is 5.96. The summed E-state index contributed by atoms with van der Waals surface area (Å²) in [6.07, 6.45) is 1.44. The topological polar surface area (TPSA) is 103 Å². The first-order valence-electron chi connectivity index (χ1n) is 7.53. The average molecular weight is 341 g/mol. The summed E-state index contributed by atoms with van der Waals surface area (Å²) in [6, 6.07) is 9.61. The molecule has 8 heteroatoms. The van der Waals surface area contributed by atoms with Gasteiger partial charge in [-0.25, -0.2) is 5.43 Å². The molecule has 2 aromatic carbocycles.